The molecule has 1 aromatic rings. The molecule has 186 valence electrons. The van der Waals surface area contributed by atoms with E-state index in [-0.39, 0.29) is 30.8 Å². The lowest BCUT2D eigenvalue weighted by molar-refractivity contribution is 0.0216. The molecule has 0 radical (unpaired) electrons. The summed E-state index contributed by atoms with van der Waals surface area (Å²) < 4.78 is 63.5. The number of sulfonamides is 1. The van der Waals surface area contributed by atoms with Gasteiger partial charge in [-0.3, -0.25) is 4.90 Å². The highest BCUT2D eigenvalue weighted by Crippen LogP contribution is 2.47. The van der Waals surface area contributed by atoms with Gasteiger partial charge >= 0.3 is 0 Å². The predicted octanol–water partition coefficient (Wildman–Crippen LogP) is 0.600. The summed E-state index contributed by atoms with van der Waals surface area (Å²) in [6.45, 7) is 2.31. The van der Waals surface area contributed by atoms with E-state index in [0.717, 1.165) is 50.1 Å². The van der Waals surface area contributed by atoms with E-state index in [1.807, 2.05) is 6.07 Å². The van der Waals surface area contributed by atoms with Crippen LogP contribution in [-0.4, -0.2) is 78.2 Å². The van der Waals surface area contributed by atoms with Crippen molar-refractivity contribution >= 4 is 20.2 Å². The van der Waals surface area contributed by atoms with Gasteiger partial charge in [0.1, 0.15) is 0 Å². The Morgan fingerprint density at radius 2 is 1.94 bits per heavy atom. The van der Waals surface area contributed by atoms with E-state index in [4.69, 9.17) is 14.6 Å². The molecule has 3 N–H and O–H groups in total. The molecular weight excluding hydrogens is 468 g/mol. The third-order valence-corrected chi connectivity index (χ3v) is 9.75. The molecule has 0 saturated carbocycles. The van der Waals surface area contributed by atoms with E-state index in [0.29, 0.717) is 18.2 Å². The van der Waals surface area contributed by atoms with Gasteiger partial charge in [-0.1, -0.05) is 6.07 Å². The molecule has 2 fully saturated rings. The second kappa shape index (κ2) is 9.67. The molecule has 3 aliphatic heterocycles. The van der Waals surface area contributed by atoms with Crippen molar-refractivity contribution in [3.8, 4) is 11.5 Å². The fraction of sp³-hybridized carbons (Fsp3) is 0.714. The first-order valence-electron chi connectivity index (χ1n) is 11.4. The molecule has 0 unspecified atom stereocenters. The number of piperidine rings is 2. The summed E-state index contributed by atoms with van der Waals surface area (Å²) in [6, 6.07) is 4.10. The number of fused-ring (bicyclic) bond motifs is 4. The average molecular weight is 503 g/mol. The number of ether oxygens (including phenoxy) is 2. The maximum Gasteiger partial charge on any atom is 0.274 e. The van der Waals surface area contributed by atoms with Crippen LogP contribution in [0.1, 0.15) is 42.9 Å². The van der Waals surface area contributed by atoms with Crippen molar-refractivity contribution in [3.05, 3.63) is 23.3 Å². The Hall–Kier alpha value is -1.44. The first kappa shape index (κ1) is 24.7. The third kappa shape index (κ3) is 5.15. The molecule has 0 aromatic heterocycles. The molecule has 0 bridgehead atoms. The number of hydrogen-bond acceptors (Lipinski definition) is 7. The predicted molar refractivity (Wildman–Crippen MR) is 125 cm³/mol. The van der Waals surface area contributed by atoms with Crippen molar-refractivity contribution in [1.82, 2.24) is 13.9 Å². The molecule has 3 heterocycles. The van der Waals surface area contributed by atoms with E-state index in [1.54, 1.807) is 18.5 Å². The van der Waals surface area contributed by atoms with Crippen LogP contribution >= 0.6 is 0 Å². The molecule has 0 amide bonds. The van der Waals surface area contributed by atoms with Crippen LogP contribution in [0.3, 0.4) is 0 Å². The first-order valence-corrected chi connectivity index (χ1v) is 14.5. The number of rotatable bonds is 8. The van der Waals surface area contributed by atoms with Crippen LogP contribution in [0, 0.1) is 5.92 Å². The van der Waals surface area contributed by atoms with Crippen molar-refractivity contribution in [3.63, 3.8) is 0 Å². The highest BCUT2D eigenvalue weighted by Gasteiger charge is 2.46. The topological polar surface area (TPSA) is 131 Å². The molecule has 10 nitrogen and oxygen atoms in total. The lowest BCUT2D eigenvalue weighted by Gasteiger charge is -2.51. The smallest absolute Gasteiger partial charge is 0.274 e. The van der Waals surface area contributed by atoms with E-state index < -0.39 is 20.2 Å². The number of hydrogen-bond donors (Lipinski definition) is 2. The lowest BCUT2D eigenvalue weighted by atomic mass is 9.77. The van der Waals surface area contributed by atoms with Crippen LogP contribution in [0.4, 0.5) is 0 Å². The first-order chi connectivity index (χ1) is 15.6. The zero-order valence-corrected chi connectivity index (χ0v) is 20.8. The SMILES string of the molecule is COc1ccc2c(c1OC)CCN1C[C@H]3CCCN(S(=O)(=O)CCCNS(N)(=O)=O)[C@H]3C[C@@H]21. The summed E-state index contributed by atoms with van der Waals surface area (Å²) in [5.74, 6) is 1.68. The highest BCUT2D eigenvalue weighted by atomic mass is 32.2. The molecule has 0 aliphatic carbocycles. The summed E-state index contributed by atoms with van der Waals surface area (Å²) in [5, 5.41) is 4.94. The molecule has 1 aromatic carbocycles. The van der Waals surface area contributed by atoms with Gasteiger partial charge in [0, 0.05) is 43.8 Å². The van der Waals surface area contributed by atoms with E-state index in [1.165, 1.54) is 5.56 Å². The maximum atomic E-state index is 13.2. The molecule has 3 aliphatic rings. The number of nitrogens with one attached hydrogen (secondary N) is 1. The summed E-state index contributed by atoms with van der Waals surface area (Å²) in [5.41, 5.74) is 2.34. The molecule has 0 spiro atoms. The largest absolute Gasteiger partial charge is 0.493 e. The van der Waals surface area contributed by atoms with E-state index in [2.05, 4.69) is 15.7 Å². The van der Waals surface area contributed by atoms with Gasteiger partial charge in [0.05, 0.1) is 20.0 Å². The monoisotopic (exact) mass is 502 g/mol. The second-order valence-electron chi connectivity index (χ2n) is 9.05. The quantitative estimate of drug-likeness (QED) is 0.498. The summed E-state index contributed by atoms with van der Waals surface area (Å²) >= 11 is 0. The Kier molecular flexibility index (Phi) is 7.23. The van der Waals surface area contributed by atoms with Gasteiger partial charge in [-0.05, 0) is 49.7 Å². The Bertz CT molecular complexity index is 1080. The van der Waals surface area contributed by atoms with Gasteiger partial charge in [0.25, 0.3) is 10.2 Å². The van der Waals surface area contributed by atoms with Crippen molar-refractivity contribution < 1.29 is 26.3 Å². The fourth-order valence-corrected chi connectivity index (χ4v) is 8.02. The standard InChI is InChI=1S/C21H34N4O6S2/c1-30-20-7-6-16-17(21(20)31-2)8-11-24-14-15-5-3-10-25(18(15)13-19(16)24)32(26,27)12-4-9-23-33(22,28)29/h6-7,15,18-19,23H,3-5,8-14H2,1-2H3,(H2,22,28,29)/t15-,18+,19+/m1/s1. The fourth-order valence-electron chi connectivity index (χ4n) is 5.77. The molecule has 33 heavy (non-hydrogen) atoms. The van der Waals surface area contributed by atoms with Crippen LogP contribution in [0.15, 0.2) is 12.1 Å². The average Bonchev–Trinajstić information content (AvgIpc) is 2.78. The number of benzene rings is 1. The second-order valence-corrected chi connectivity index (χ2v) is 12.5. The molecule has 3 atom stereocenters. The summed E-state index contributed by atoms with van der Waals surface area (Å²) in [4.78, 5) is 2.49. The van der Waals surface area contributed by atoms with Gasteiger partial charge in [-0.15, -0.1) is 0 Å². The van der Waals surface area contributed by atoms with Crippen molar-refractivity contribution in [2.75, 3.05) is 46.2 Å². The molecular formula is C21H34N4O6S2. The summed E-state index contributed by atoms with van der Waals surface area (Å²) in [7, 11) is -4.05. The van der Waals surface area contributed by atoms with Crippen LogP contribution in [-0.2, 0) is 26.7 Å². The highest BCUT2D eigenvalue weighted by molar-refractivity contribution is 7.89. The Balaban J connectivity index is 1.54. The van der Waals surface area contributed by atoms with Gasteiger partial charge < -0.3 is 9.47 Å². The number of nitrogens with two attached hydrogens (primary N) is 1. The minimum atomic E-state index is -3.82. The van der Waals surface area contributed by atoms with E-state index >= 15 is 0 Å². The van der Waals surface area contributed by atoms with Gasteiger partial charge in [0.2, 0.25) is 10.0 Å². The van der Waals surface area contributed by atoms with Gasteiger partial charge in [0.15, 0.2) is 11.5 Å². The normalized spacial score (nSPS) is 26.2. The molecule has 4 rings (SSSR count). The Labute approximate surface area is 196 Å². The summed E-state index contributed by atoms with van der Waals surface area (Å²) in [6.07, 6.45) is 3.66. The number of methoxy groups -OCH3 is 2. The third-order valence-electron chi connectivity index (χ3n) is 7.17. The minimum Gasteiger partial charge on any atom is -0.493 e. The maximum absolute atomic E-state index is 13.2. The molecule has 12 heteroatoms. The van der Waals surface area contributed by atoms with Crippen molar-refractivity contribution in [2.45, 2.75) is 44.2 Å². The van der Waals surface area contributed by atoms with Crippen molar-refractivity contribution in [1.29, 1.82) is 0 Å². The van der Waals surface area contributed by atoms with Crippen LogP contribution in [0.5, 0.6) is 11.5 Å². The van der Waals surface area contributed by atoms with Crippen LogP contribution in [0.25, 0.3) is 0 Å². The van der Waals surface area contributed by atoms with E-state index in [9.17, 15) is 16.8 Å². The minimum absolute atomic E-state index is 0.00536. The number of nitrogens with zero attached hydrogens (tertiary/aromatic N) is 2. The van der Waals surface area contributed by atoms with Gasteiger partial charge in [-0.25, -0.2) is 18.3 Å². The van der Waals surface area contributed by atoms with Gasteiger partial charge in [-0.2, -0.15) is 12.7 Å². The zero-order chi connectivity index (χ0) is 23.8. The zero-order valence-electron chi connectivity index (χ0n) is 19.2. The van der Waals surface area contributed by atoms with Crippen LogP contribution < -0.4 is 19.3 Å². The molecule has 2 saturated heterocycles. The van der Waals surface area contributed by atoms with Crippen LogP contribution in [0.2, 0.25) is 0 Å². The lowest BCUT2D eigenvalue weighted by Crippen LogP contribution is -2.57. The van der Waals surface area contributed by atoms with Crippen molar-refractivity contribution in [2.24, 2.45) is 11.1 Å². The Morgan fingerprint density at radius 1 is 1.15 bits per heavy atom. The Morgan fingerprint density at radius 3 is 2.64 bits per heavy atom.